The number of fused-ring (bicyclic) bond motifs is 2. The highest BCUT2D eigenvalue weighted by Gasteiger charge is 2.37. The number of aryl methyl sites for hydroxylation is 4. The van der Waals surface area contributed by atoms with E-state index in [1.165, 1.54) is 24.0 Å². The third-order valence-electron chi connectivity index (χ3n) is 5.89. The number of hydrogen-bond acceptors (Lipinski definition) is 4. The van der Waals surface area contributed by atoms with Crippen LogP contribution in [0.25, 0.3) is 5.78 Å². The lowest BCUT2D eigenvalue weighted by molar-refractivity contribution is -0.144. The van der Waals surface area contributed by atoms with Crippen LogP contribution >= 0.6 is 0 Å². The molecular formula is C22H24F3N5O. The number of nitrogens with one attached hydrogen (secondary N) is 1. The molecule has 0 spiro atoms. The first-order chi connectivity index (χ1) is 14.6. The van der Waals surface area contributed by atoms with Gasteiger partial charge < -0.3 is 5.32 Å². The smallest absolute Gasteiger partial charge is 0.349 e. The van der Waals surface area contributed by atoms with Crippen molar-refractivity contribution in [2.24, 2.45) is 0 Å². The van der Waals surface area contributed by atoms with E-state index in [9.17, 15) is 18.0 Å². The van der Waals surface area contributed by atoms with E-state index in [1.807, 2.05) is 13.0 Å². The molecule has 164 valence electrons. The molecule has 0 fully saturated rings. The van der Waals surface area contributed by atoms with E-state index in [0.29, 0.717) is 17.0 Å². The first-order valence-electron chi connectivity index (χ1n) is 10.3. The molecule has 4 rings (SSSR count). The van der Waals surface area contributed by atoms with Gasteiger partial charge in [-0.3, -0.25) is 4.79 Å². The second kappa shape index (κ2) is 7.94. The summed E-state index contributed by atoms with van der Waals surface area (Å²) in [7, 11) is 0. The molecule has 0 saturated carbocycles. The zero-order valence-electron chi connectivity index (χ0n) is 17.7. The minimum absolute atomic E-state index is 0.00288. The Kier molecular flexibility index (Phi) is 5.45. The molecule has 1 unspecified atom stereocenters. The summed E-state index contributed by atoms with van der Waals surface area (Å²) in [6.45, 7) is 5.20. The van der Waals surface area contributed by atoms with E-state index in [4.69, 9.17) is 0 Å². The number of rotatable bonds is 4. The lowest BCUT2D eigenvalue weighted by Crippen LogP contribution is -2.29. The molecule has 2 heterocycles. The third-order valence-corrected chi connectivity index (χ3v) is 5.89. The van der Waals surface area contributed by atoms with Crippen molar-refractivity contribution < 1.29 is 18.0 Å². The molecule has 1 aromatic carbocycles. The molecule has 1 amide bonds. The van der Waals surface area contributed by atoms with Gasteiger partial charge >= 0.3 is 6.18 Å². The summed E-state index contributed by atoms with van der Waals surface area (Å²) in [5, 5.41) is 6.52. The van der Waals surface area contributed by atoms with Crippen molar-refractivity contribution in [3.8, 4) is 0 Å². The van der Waals surface area contributed by atoms with Gasteiger partial charge in [-0.2, -0.15) is 18.2 Å². The summed E-state index contributed by atoms with van der Waals surface area (Å²) in [5.74, 6) is -1.60. The minimum Gasteiger partial charge on any atom is -0.349 e. The summed E-state index contributed by atoms with van der Waals surface area (Å²) in [6.07, 6.45) is -0.100. The SMILES string of the molecule is Cc1nc2nc(C(F)(F)F)nn2c(C)c1CC(=O)NC(C)c1ccc2c(c1)CCCC2. The highest BCUT2D eigenvalue weighted by atomic mass is 19.4. The normalized spacial score (nSPS) is 15.0. The van der Waals surface area contributed by atoms with Gasteiger partial charge in [-0.05, 0) is 63.1 Å². The molecule has 0 aliphatic heterocycles. The second-order valence-electron chi connectivity index (χ2n) is 8.11. The van der Waals surface area contributed by atoms with Crippen molar-refractivity contribution in [3.05, 3.63) is 57.7 Å². The van der Waals surface area contributed by atoms with Crippen LogP contribution < -0.4 is 5.32 Å². The number of nitrogens with zero attached hydrogens (tertiary/aromatic N) is 4. The molecule has 0 bridgehead atoms. The quantitative estimate of drug-likeness (QED) is 0.676. The Balaban J connectivity index is 1.53. The Bertz CT molecular complexity index is 1150. The standard InChI is InChI=1S/C22H24F3N5O/c1-12(16-9-8-15-6-4-5-7-17(15)10-16)26-19(31)11-18-13(2)27-21-28-20(22(23,24)25)29-30(21)14(18)3/h8-10,12H,4-7,11H2,1-3H3,(H,26,31). The van der Waals surface area contributed by atoms with Crippen molar-refractivity contribution in [1.29, 1.82) is 0 Å². The van der Waals surface area contributed by atoms with Crippen LogP contribution in [0.2, 0.25) is 0 Å². The van der Waals surface area contributed by atoms with Crippen molar-refractivity contribution in [3.63, 3.8) is 0 Å². The number of benzene rings is 1. The zero-order chi connectivity index (χ0) is 22.3. The molecule has 1 aliphatic carbocycles. The number of aromatic nitrogens is 4. The summed E-state index contributed by atoms with van der Waals surface area (Å²) >= 11 is 0. The number of halogens is 3. The van der Waals surface area contributed by atoms with E-state index >= 15 is 0 Å². The fraction of sp³-hybridized carbons (Fsp3) is 0.455. The number of carbonyl (C=O) groups is 1. The molecule has 0 saturated heterocycles. The Morgan fingerprint density at radius 2 is 1.87 bits per heavy atom. The van der Waals surface area contributed by atoms with Crippen LogP contribution in [0.4, 0.5) is 13.2 Å². The molecule has 6 nitrogen and oxygen atoms in total. The predicted octanol–water partition coefficient (Wildman–Crippen LogP) is 4.06. The van der Waals surface area contributed by atoms with E-state index in [1.54, 1.807) is 13.8 Å². The maximum Gasteiger partial charge on any atom is 0.453 e. The molecular weight excluding hydrogens is 407 g/mol. The Hall–Kier alpha value is -2.97. The number of alkyl halides is 3. The molecule has 1 aliphatic rings. The van der Waals surface area contributed by atoms with Gasteiger partial charge in [0, 0.05) is 17.0 Å². The molecule has 2 aromatic heterocycles. The van der Waals surface area contributed by atoms with Crippen LogP contribution in [-0.2, 0) is 30.2 Å². The fourth-order valence-electron chi connectivity index (χ4n) is 4.14. The molecule has 1 atom stereocenters. The lowest BCUT2D eigenvalue weighted by atomic mass is 9.89. The second-order valence-corrected chi connectivity index (χ2v) is 8.11. The lowest BCUT2D eigenvalue weighted by Gasteiger charge is -2.20. The maximum absolute atomic E-state index is 12.9. The van der Waals surface area contributed by atoms with Gasteiger partial charge in [0.2, 0.25) is 5.91 Å². The number of carbonyl (C=O) groups excluding carboxylic acids is 1. The first-order valence-corrected chi connectivity index (χ1v) is 10.3. The van der Waals surface area contributed by atoms with Gasteiger partial charge in [0.15, 0.2) is 0 Å². The molecule has 9 heteroatoms. The van der Waals surface area contributed by atoms with Crippen LogP contribution in [0.3, 0.4) is 0 Å². The van der Waals surface area contributed by atoms with Gasteiger partial charge in [-0.1, -0.05) is 18.2 Å². The zero-order valence-corrected chi connectivity index (χ0v) is 17.7. The highest BCUT2D eigenvalue weighted by molar-refractivity contribution is 5.79. The van der Waals surface area contributed by atoms with Crippen molar-refractivity contribution in [2.75, 3.05) is 0 Å². The van der Waals surface area contributed by atoms with Gasteiger partial charge in [0.25, 0.3) is 11.6 Å². The van der Waals surface area contributed by atoms with Crippen LogP contribution in [0, 0.1) is 13.8 Å². The predicted molar refractivity (Wildman–Crippen MR) is 109 cm³/mol. The van der Waals surface area contributed by atoms with E-state index in [-0.39, 0.29) is 24.1 Å². The number of amides is 1. The van der Waals surface area contributed by atoms with Gasteiger partial charge in [0.05, 0.1) is 12.5 Å². The van der Waals surface area contributed by atoms with Crippen LogP contribution in [0.15, 0.2) is 18.2 Å². The molecule has 31 heavy (non-hydrogen) atoms. The summed E-state index contributed by atoms with van der Waals surface area (Å²) < 4.78 is 39.9. The molecule has 3 aromatic rings. The fourth-order valence-corrected chi connectivity index (χ4v) is 4.14. The van der Waals surface area contributed by atoms with Crippen LogP contribution in [0.1, 0.15) is 65.3 Å². The average Bonchev–Trinajstić information content (AvgIpc) is 3.15. The van der Waals surface area contributed by atoms with Gasteiger partial charge in [-0.15, -0.1) is 5.10 Å². The first kappa shape index (κ1) is 21.3. The summed E-state index contributed by atoms with van der Waals surface area (Å²) in [5.41, 5.74) is 5.19. The summed E-state index contributed by atoms with van der Waals surface area (Å²) in [6, 6.07) is 6.17. The molecule has 0 radical (unpaired) electrons. The van der Waals surface area contributed by atoms with Crippen molar-refractivity contribution >= 4 is 11.7 Å². The average molecular weight is 431 g/mol. The Morgan fingerprint density at radius 3 is 2.58 bits per heavy atom. The van der Waals surface area contributed by atoms with E-state index in [2.05, 4.69) is 32.5 Å². The Labute approximate surface area is 177 Å². The van der Waals surface area contributed by atoms with Crippen molar-refractivity contribution in [1.82, 2.24) is 24.9 Å². The van der Waals surface area contributed by atoms with E-state index < -0.39 is 12.0 Å². The minimum atomic E-state index is -4.66. The van der Waals surface area contributed by atoms with E-state index in [0.717, 1.165) is 22.9 Å². The van der Waals surface area contributed by atoms with Crippen LogP contribution in [-0.4, -0.2) is 25.5 Å². The van der Waals surface area contributed by atoms with Gasteiger partial charge in [0.1, 0.15) is 0 Å². The number of hydrogen-bond donors (Lipinski definition) is 1. The largest absolute Gasteiger partial charge is 0.453 e. The highest BCUT2D eigenvalue weighted by Crippen LogP contribution is 2.27. The molecule has 1 N–H and O–H groups in total. The van der Waals surface area contributed by atoms with Gasteiger partial charge in [-0.25, -0.2) is 9.50 Å². The monoisotopic (exact) mass is 431 g/mol. The van der Waals surface area contributed by atoms with Crippen molar-refractivity contribution in [2.45, 2.75) is 65.1 Å². The Morgan fingerprint density at radius 1 is 1.16 bits per heavy atom. The van der Waals surface area contributed by atoms with Crippen LogP contribution in [0.5, 0.6) is 0 Å². The topological polar surface area (TPSA) is 72.2 Å². The summed E-state index contributed by atoms with van der Waals surface area (Å²) in [4.78, 5) is 20.3. The maximum atomic E-state index is 12.9. The third kappa shape index (κ3) is 4.26.